The van der Waals surface area contributed by atoms with Crippen LogP contribution in [0.15, 0.2) is 33.5 Å². The number of rotatable bonds is 3. The zero-order valence-corrected chi connectivity index (χ0v) is 9.83. The summed E-state index contributed by atoms with van der Waals surface area (Å²) >= 11 is 0. The number of hydrogen-bond acceptors (Lipinski definition) is 3. The van der Waals surface area contributed by atoms with Gasteiger partial charge in [-0.25, -0.2) is 9.18 Å². The SMILES string of the molecule is CCCNC(=O)c1cc2cccc(F)c2oc1=O. The van der Waals surface area contributed by atoms with Crippen molar-refractivity contribution >= 4 is 16.9 Å². The van der Waals surface area contributed by atoms with Crippen LogP contribution >= 0.6 is 0 Å². The van der Waals surface area contributed by atoms with Gasteiger partial charge in [0.25, 0.3) is 5.91 Å². The van der Waals surface area contributed by atoms with E-state index in [0.717, 1.165) is 6.42 Å². The molecule has 2 rings (SSSR count). The summed E-state index contributed by atoms with van der Waals surface area (Å²) < 4.78 is 18.2. The molecular formula is C13H12FNO3. The molecule has 18 heavy (non-hydrogen) atoms. The lowest BCUT2D eigenvalue weighted by atomic mass is 10.1. The number of nitrogens with one attached hydrogen (secondary N) is 1. The minimum atomic E-state index is -0.832. The molecular weight excluding hydrogens is 237 g/mol. The number of hydrogen-bond donors (Lipinski definition) is 1. The molecule has 1 heterocycles. The Morgan fingerprint density at radius 3 is 2.94 bits per heavy atom. The second-order valence-corrected chi connectivity index (χ2v) is 3.86. The van der Waals surface area contributed by atoms with Gasteiger partial charge in [-0.05, 0) is 18.6 Å². The zero-order valence-electron chi connectivity index (χ0n) is 9.83. The molecule has 2 aromatic rings. The number of carbonyl (C=O) groups is 1. The van der Waals surface area contributed by atoms with E-state index in [9.17, 15) is 14.0 Å². The molecule has 1 amide bonds. The van der Waals surface area contributed by atoms with Crippen LogP contribution in [-0.4, -0.2) is 12.5 Å². The molecule has 0 fully saturated rings. The van der Waals surface area contributed by atoms with Crippen molar-refractivity contribution in [1.29, 1.82) is 0 Å². The fraction of sp³-hybridized carbons (Fsp3) is 0.231. The van der Waals surface area contributed by atoms with Gasteiger partial charge in [-0.1, -0.05) is 19.1 Å². The van der Waals surface area contributed by atoms with Gasteiger partial charge in [-0.2, -0.15) is 0 Å². The molecule has 0 atom stereocenters. The van der Waals surface area contributed by atoms with Crippen molar-refractivity contribution < 1.29 is 13.6 Å². The Morgan fingerprint density at radius 1 is 1.44 bits per heavy atom. The Hall–Kier alpha value is -2.17. The van der Waals surface area contributed by atoms with Crippen LogP contribution in [0.1, 0.15) is 23.7 Å². The summed E-state index contributed by atoms with van der Waals surface area (Å²) in [7, 11) is 0. The van der Waals surface area contributed by atoms with Crippen LogP contribution in [0.3, 0.4) is 0 Å². The summed E-state index contributed by atoms with van der Waals surface area (Å²) in [6.07, 6.45) is 0.763. The second kappa shape index (κ2) is 5.00. The van der Waals surface area contributed by atoms with Crippen LogP contribution in [0.4, 0.5) is 4.39 Å². The van der Waals surface area contributed by atoms with E-state index in [4.69, 9.17) is 4.42 Å². The van der Waals surface area contributed by atoms with Crippen molar-refractivity contribution in [3.8, 4) is 0 Å². The van der Waals surface area contributed by atoms with Gasteiger partial charge >= 0.3 is 5.63 Å². The standard InChI is InChI=1S/C13H12FNO3/c1-2-6-15-12(16)9-7-8-4-3-5-10(14)11(8)18-13(9)17/h3-5,7H,2,6H2,1H3,(H,15,16). The second-order valence-electron chi connectivity index (χ2n) is 3.86. The predicted molar refractivity (Wildman–Crippen MR) is 65.1 cm³/mol. The summed E-state index contributed by atoms with van der Waals surface area (Å²) in [4.78, 5) is 23.3. The van der Waals surface area contributed by atoms with Crippen molar-refractivity contribution in [1.82, 2.24) is 5.32 Å². The third-order valence-corrected chi connectivity index (χ3v) is 2.49. The van der Waals surface area contributed by atoms with Gasteiger partial charge in [0.2, 0.25) is 0 Å². The number of halogens is 1. The molecule has 5 heteroatoms. The molecule has 1 aromatic heterocycles. The maximum absolute atomic E-state index is 13.4. The molecule has 0 spiro atoms. The van der Waals surface area contributed by atoms with Crippen LogP contribution in [0, 0.1) is 5.82 Å². The highest BCUT2D eigenvalue weighted by molar-refractivity contribution is 5.96. The molecule has 4 nitrogen and oxygen atoms in total. The molecule has 0 aliphatic carbocycles. The minimum Gasteiger partial charge on any atom is -0.419 e. The smallest absolute Gasteiger partial charge is 0.349 e. The summed E-state index contributed by atoms with van der Waals surface area (Å²) in [6.45, 7) is 2.37. The van der Waals surface area contributed by atoms with E-state index >= 15 is 0 Å². The summed E-state index contributed by atoms with van der Waals surface area (Å²) in [6, 6.07) is 5.61. The van der Waals surface area contributed by atoms with E-state index in [2.05, 4.69) is 5.32 Å². The average molecular weight is 249 g/mol. The molecule has 94 valence electrons. The lowest BCUT2D eigenvalue weighted by Crippen LogP contribution is -2.28. The molecule has 0 bridgehead atoms. The Kier molecular flexibility index (Phi) is 3.41. The van der Waals surface area contributed by atoms with Crippen molar-refractivity contribution in [2.75, 3.05) is 6.54 Å². The normalized spacial score (nSPS) is 10.6. The van der Waals surface area contributed by atoms with E-state index in [1.807, 2.05) is 6.92 Å². The number of benzene rings is 1. The van der Waals surface area contributed by atoms with Gasteiger partial charge in [-0.3, -0.25) is 4.79 Å². The van der Waals surface area contributed by atoms with Gasteiger partial charge in [0.1, 0.15) is 5.56 Å². The summed E-state index contributed by atoms with van der Waals surface area (Å²) in [5.41, 5.74) is -1.07. The monoisotopic (exact) mass is 249 g/mol. The topological polar surface area (TPSA) is 59.3 Å². The van der Waals surface area contributed by atoms with E-state index in [0.29, 0.717) is 11.9 Å². The van der Waals surface area contributed by atoms with Gasteiger partial charge in [0, 0.05) is 11.9 Å². The van der Waals surface area contributed by atoms with Crippen LogP contribution in [-0.2, 0) is 0 Å². The average Bonchev–Trinajstić information content (AvgIpc) is 2.36. The van der Waals surface area contributed by atoms with Gasteiger partial charge in [-0.15, -0.1) is 0 Å². The predicted octanol–water partition coefficient (Wildman–Crippen LogP) is 2.07. The third-order valence-electron chi connectivity index (χ3n) is 2.49. The van der Waals surface area contributed by atoms with Crippen molar-refractivity contribution in [3.63, 3.8) is 0 Å². The lowest BCUT2D eigenvalue weighted by Gasteiger charge is -2.03. The Labute approximate surface area is 102 Å². The third kappa shape index (κ3) is 2.25. The van der Waals surface area contributed by atoms with Crippen molar-refractivity contribution in [3.05, 3.63) is 46.1 Å². The molecule has 0 aliphatic heterocycles. The molecule has 1 aromatic carbocycles. The summed E-state index contributed by atoms with van der Waals surface area (Å²) in [5.74, 6) is -1.12. The zero-order chi connectivity index (χ0) is 13.1. The first-order valence-electron chi connectivity index (χ1n) is 5.64. The summed E-state index contributed by atoms with van der Waals surface area (Å²) in [5, 5.41) is 2.96. The van der Waals surface area contributed by atoms with E-state index < -0.39 is 17.3 Å². The minimum absolute atomic E-state index is 0.110. The quantitative estimate of drug-likeness (QED) is 0.847. The maximum atomic E-state index is 13.4. The molecule has 0 unspecified atom stereocenters. The van der Waals surface area contributed by atoms with Gasteiger partial charge < -0.3 is 9.73 Å². The highest BCUT2D eigenvalue weighted by Gasteiger charge is 2.14. The van der Waals surface area contributed by atoms with Crippen LogP contribution < -0.4 is 10.9 Å². The number of para-hydroxylation sites is 1. The highest BCUT2D eigenvalue weighted by Crippen LogP contribution is 2.16. The number of fused-ring (bicyclic) bond motifs is 1. The Bertz CT molecular complexity index is 648. The van der Waals surface area contributed by atoms with Crippen molar-refractivity contribution in [2.45, 2.75) is 13.3 Å². The first-order chi connectivity index (χ1) is 8.63. The van der Waals surface area contributed by atoms with Crippen LogP contribution in [0.25, 0.3) is 11.0 Å². The lowest BCUT2D eigenvalue weighted by molar-refractivity contribution is 0.0950. The first-order valence-corrected chi connectivity index (χ1v) is 5.64. The Morgan fingerprint density at radius 2 is 2.22 bits per heavy atom. The molecule has 0 saturated carbocycles. The molecule has 0 radical (unpaired) electrons. The van der Waals surface area contributed by atoms with E-state index in [1.165, 1.54) is 18.2 Å². The number of amides is 1. The first kappa shape index (κ1) is 12.3. The fourth-order valence-corrected chi connectivity index (χ4v) is 1.60. The molecule has 0 aliphatic rings. The van der Waals surface area contributed by atoms with Gasteiger partial charge in [0.05, 0.1) is 0 Å². The largest absolute Gasteiger partial charge is 0.419 e. The highest BCUT2D eigenvalue weighted by atomic mass is 19.1. The van der Waals surface area contributed by atoms with Crippen molar-refractivity contribution in [2.24, 2.45) is 0 Å². The maximum Gasteiger partial charge on any atom is 0.349 e. The fourth-order valence-electron chi connectivity index (χ4n) is 1.60. The molecule has 0 saturated heterocycles. The van der Waals surface area contributed by atoms with Gasteiger partial charge in [0.15, 0.2) is 11.4 Å². The van der Waals surface area contributed by atoms with E-state index in [-0.39, 0.29) is 11.1 Å². The Balaban J connectivity index is 2.50. The number of carbonyl (C=O) groups excluding carboxylic acids is 1. The van der Waals surface area contributed by atoms with Crippen LogP contribution in [0.5, 0.6) is 0 Å². The van der Waals surface area contributed by atoms with Crippen LogP contribution in [0.2, 0.25) is 0 Å². The van der Waals surface area contributed by atoms with E-state index in [1.54, 1.807) is 6.07 Å². The molecule has 1 N–H and O–H groups in total.